The van der Waals surface area contributed by atoms with E-state index in [2.05, 4.69) is 29.5 Å². The molecule has 7 nitrogen and oxygen atoms in total. The van der Waals surface area contributed by atoms with Crippen LogP contribution in [-0.4, -0.2) is 42.4 Å². The van der Waals surface area contributed by atoms with Crippen molar-refractivity contribution in [1.29, 1.82) is 0 Å². The summed E-state index contributed by atoms with van der Waals surface area (Å²) >= 11 is 0. The molecule has 0 N–H and O–H groups in total. The smallest absolute Gasteiger partial charge is 0.163 e. The number of rotatable bonds is 3. The van der Waals surface area contributed by atoms with E-state index in [9.17, 15) is 0 Å². The standard InChI is InChI=1S/C14H17N7/c1-10-15-3-4-20(10)6-11-7-21(8-11)14-12-5-18-19(2)13(12)16-9-17-14/h3-5,9,11H,6-8H2,1-2H3. The van der Waals surface area contributed by atoms with Crippen molar-refractivity contribution in [2.75, 3.05) is 18.0 Å². The maximum atomic E-state index is 4.43. The molecule has 4 heterocycles. The minimum absolute atomic E-state index is 0.639. The highest BCUT2D eigenvalue weighted by Crippen LogP contribution is 2.29. The Morgan fingerprint density at radius 3 is 2.86 bits per heavy atom. The van der Waals surface area contributed by atoms with E-state index < -0.39 is 0 Å². The van der Waals surface area contributed by atoms with Crippen molar-refractivity contribution in [2.45, 2.75) is 13.5 Å². The first-order valence-corrected chi connectivity index (χ1v) is 7.08. The molecular formula is C14H17N7. The van der Waals surface area contributed by atoms with Gasteiger partial charge in [0.15, 0.2) is 5.65 Å². The first-order valence-electron chi connectivity index (χ1n) is 7.08. The van der Waals surface area contributed by atoms with Crippen molar-refractivity contribution in [3.63, 3.8) is 0 Å². The van der Waals surface area contributed by atoms with Crippen LogP contribution in [0.3, 0.4) is 0 Å². The van der Waals surface area contributed by atoms with Gasteiger partial charge in [0.1, 0.15) is 18.0 Å². The van der Waals surface area contributed by atoms with Crippen molar-refractivity contribution < 1.29 is 0 Å². The fraction of sp³-hybridized carbons (Fsp3) is 0.429. The van der Waals surface area contributed by atoms with Gasteiger partial charge in [0, 0.05) is 45.0 Å². The summed E-state index contributed by atoms with van der Waals surface area (Å²) in [4.78, 5) is 15.3. The predicted octanol–water partition coefficient (Wildman–Crippen LogP) is 1.00. The molecule has 4 rings (SSSR count). The molecule has 0 aliphatic carbocycles. The lowest BCUT2D eigenvalue weighted by molar-refractivity contribution is 0.353. The maximum Gasteiger partial charge on any atom is 0.163 e. The second-order valence-electron chi connectivity index (χ2n) is 5.60. The van der Waals surface area contributed by atoms with Crippen molar-refractivity contribution in [2.24, 2.45) is 13.0 Å². The van der Waals surface area contributed by atoms with E-state index in [1.807, 2.05) is 32.6 Å². The molecule has 0 amide bonds. The molecule has 3 aromatic rings. The van der Waals surface area contributed by atoms with E-state index >= 15 is 0 Å². The van der Waals surface area contributed by atoms with Gasteiger partial charge in [0.25, 0.3) is 0 Å². The zero-order valence-corrected chi connectivity index (χ0v) is 12.1. The Balaban J connectivity index is 1.51. The zero-order chi connectivity index (χ0) is 14.4. The summed E-state index contributed by atoms with van der Waals surface area (Å²) in [6.45, 7) is 5.08. The Labute approximate surface area is 122 Å². The fourth-order valence-electron chi connectivity index (χ4n) is 2.93. The number of hydrogen-bond acceptors (Lipinski definition) is 5. The first kappa shape index (κ1) is 12.3. The SMILES string of the molecule is Cc1nccn1CC1CN(c2ncnc3c2cnn3C)C1. The quantitative estimate of drug-likeness (QED) is 0.717. The van der Waals surface area contributed by atoms with Crippen LogP contribution in [0.4, 0.5) is 5.82 Å². The average molecular weight is 283 g/mol. The van der Waals surface area contributed by atoms with Gasteiger partial charge in [-0.05, 0) is 6.92 Å². The zero-order valence-electron chi connectivity index (χ0n) is 12.1. The second-order valence-corrected chi connectivity index (χ2v) is 5.60. The lowest BCUT2D eigenvalue weighted by atomic mass is 10.00. The number of nitrogens with zero attached hydrogens (tertiary/aromatic N) is 7. The van der Waals surface area contributed by atoms with Crippen LogP contribution >= 0.6 is 0 Å². The molecule has 1 aliphatic heterocycles. The summed E-state index contributed by atoms with van der Waals surface area (Å²) < 4.78 is 3.99. The van der Waals surface area contributed by atoms with Gasteiger partial charge in [-0.15, -0.1) is 0 Å². The summed E-state index contributed by atoms with van der Waals surface area (Å²) in [7, 11) is 1.90. The van der Waals surface area contributed by atoms with Gasteiger partial charge in [-0.2, -0.15) is 5.10 Å². The minimum atomic E-state index is 0.639. The molecule has 3 aromatic heterocycles. The molecule has 21 heavy (non-hydrogen) atoms. The summed E-state index contributed by atoms with van der Waals surface area (Å²) in [6, 6.07) is 0. The number of anilines is 1. The van der Waals surface area contributed by atoms with Crippen LogP contribution < -0.4 is 4.90 Å². The van der Waals surface area contributed by atoms with Crippen LogP contribution in [0.25, 0.3) is 11.0 Å². The van der Waals surface area contributed by atoms with E-state index in [0.29, 0.717) is 5.92 Å². The van der Waals surface area contributed by atoms with Gasteiger partial charge in [0.2, 0.25) is 0 Å². The topological polar surface area (TPSA) is 64.7 Å². The average Bonchev–Trinajstić information content (AvgIpc) is 3.01. The molecule has 0 aromatic carbocycles. The van der Waals surface area contributed by atoms with E-state index in [0.717, 1.165) is 42.3 Å². The maximum absolute atomic E-state index is 4.43. The molecule has 0 spiro atoms. The molecule has 0 saturated carbocycles. The molecule has 0 radical (unpaired) electrons. The van der Waals surface area contributed by atoms with Gasteiger partial charge >= 0.3 is 0 Å². The highest BCUT2D eigenvalue weighted by atomic mass is 15.3. The third kappa shape index (κ3) is 1.96. The molecule has 1 aliphatic rings. The number of imidazole rings is 1. The van der Waals surface area contributed by atoms with Crippen molar-refractivity contribution >= 4 is 16.9 Å². The number of aromatic nitrogens is 6. The van der Waals surface area contributed by atoms with Gasteiger partial charge in [0.05, 0.1) is 11.6 Å². The van der Waals surface area contributed by atoms with Crippen molar-refractivity contribution in [3.8, 4) is 0 Å². The van der Waals surface area contributed by atoms with Gasteiger partial charge < -0.3 is 9.47 Å². The van der Waals surface area contributed by atoms with Gasteiger partial charge in [-0.25, -0.2) is 15.0 Å². The third-order valence-electron chi connectivity index (χ3n) is 4.14. The van der Waals surface area contributed by atoms with Crippen LogP contribution in [-0.2, 0) is 13.6 Å². The third-order valence-corrected chi connectivity index (χ3v) is 4.14. The summed E-state index contributed by atoms with van der Waals surface area (Å²) in [5.74, 6) is 2.71. The Bertz CT molecular complexity index is 782. The molecule has 1 fully saturated rings. The van der Waals surface area contributed by atoms with Gasteiger partial charge in [-0.1, -0.05) is 0 Å². The highest BCUT2D eigenvalue weighted by molar-refractivity contribution is 5.86. The molecular weight excluding hydrogens is 266 g/mol. The monoisotopic (exact) mass is 283 g/mol. The molecule has 7 heteroatoms. The van der Waals surface area contributed by atoms with Crippen molar-refractivity contribution in [3.05, 3.63) is 30.7 Å². The van der Waals surface area contributed by atoms with Gasteiger partial charge in [-0.3, -0.25) is 4.68 Å². The van der Waals surface area contributed by atoms with Crippen LogP contribution in [0.15, 0.2) is 24.9 Å². The van der Waals surface area contributed by atoms with Crippen molar-refractivity contribution in [1.82, 2.24) is 29.3 Å². The number of fused-ring (bicyclic) bond motifs is 1. The Morgan fingerprint density at radius 1 is 1.24 bits per heavy atom. The normalized spacial score (nSPS) is 15.6. The summed E-state index contributed by atoms with van der Waals surface area (Å²) in [5.41, 5.74) is 0.883. The van der Waals surface area contributed by atoms with E-state index in [-0.39, 0.29) is 0 Å². The molecule has 0 unspecified atom stereocenters. The lowest BCUT2D eigenvalue weighted by Gasteiger charge is -2.40. The first-order chi connectivity index (χ1) is 10.2. The summed E-state index contributed by atoms with van der Waals surface area (Å²) in [5, 5.41) is 5.29. The van der Waals surface area contributed by atoms with Crippen LogP contribution in [0.2, 0.25) is 0 Å². The second kappa shape index (κ2) is 4.54. The minimum Gasteiger partial charge on any atom is -0.355 e. The largest absolute Gasteiger partial charge is 0.355 e. The fourth-order valence-corrected chi connectivity index (χ4v) is 2.93. The molecule has 108 valence electrons. The number of hydrogen-bond donors (Lipinski definition) is 0. The molecule has 0 atom stereocenters. The van der Waals surface area contributed by atoms with Crippen LogP contribution in [0.5, 0.6) is 0 Å². The van der Waals surface area contributed by atoms with Crippen LogP contribution in [0, 0.1) is 12.8 Å². The highest BCUT2D eigenvalue weighted by Gasteiger charge is 2.29. The van der Waals surface area contributed by atoms with Crippen LogP contribution in [0.1, 0.15) is 5.82 Å². The Kier molecular flexibility index (Phi) is 2.66. The van der Waals surface area contributed by atoms with E-state index in [1.165, 1.54) is 0 Å². The predicted molar refractivity (Wildman–Crippen MR) is 79.0 cm³/mol. The van der Waals surface area contributed by atoms with E-state index in [1.54, 1.807) is 11.0 Å². The lowest BCUT2D eigenvalue weighted by Crippen LogP contribution is -2.49. The Morgan fingerprint density at radius 2 is 2.10 bits per heavy atom. The van der Waals surface area contributed by atoms with E-state index in [4.69, 9.17) is 0 Å². The molecule has 1 saturated heterocycles. The Hall–Kier alpha value is -2.44. The number of aryl methyl sites for hydroxylation is 2. The molecule has 0 bridgehead atoms. The summed E-state index contributed by atoms with van der Waals surface area (Å²) in [6.07, 6.45) is 7.36.